The highest BCUT2D eigenvalue weighted by Gasteiger charge is 2.23. The molecule has 1 aromatic rings. The maximum atomic E-state index is 5.89. The summed E-state index contributed by atoms with van der Waals surface area (Å²) in [7, 11) is 0. The molecule has 1 aromatic heterocycles. The predicted octanol–water partition coefficient (Wildman–Crippen LogP) is 5.12. The molecule has 0 aliphatic heterocycles. The Hall–Kier alpha value is -0.280. The first-order chi connectivity index (χ1) is 8.56. The second-order valence-corrected chi connectivity index (χ2v) is 6.71. The third kappa shape index (κ3) is 3.61. The quantitative estimate of drug-likeness (QED) is 0.777. The third-order valence-electron chi connectivity index (χ3n) is 3.88. The molecule has 1 aliphatic carbocycles. The van der Waals surface area contributed by atoms with E-state index >= 15 is 0 Å². The van der Waals surface area contributed by atoms with E-state index in [9.17, 15) is 0 Å². The fourth-order valence-electron chi connectivity index (χ4n) is 2.67. The summed E-state index contributed by atoms with van der Waals surface area (Å²) in [5, 5.41) is 4.07. The van der Waals surface area contributed by atoms with Crippen molar-refractivity contribution in [2.24, 2.45) is 11.8 Å². The first-order valence-corrected chi connectivity index (χ1v) is 7.81. The van der Waals surface area contributed by atoms with Gasteiger partial charge in [0, 0.05) is 6.04 Å². The molecule has 0 radical (unpaired) electrons. The predicted molar refractivity (Wildman–Crippen MR) is 81.2 cm³/mol. The van der Waals surface area contributed by atoms with Crippen molar-refractivity contribution < 1.29 is 0 Å². The summed E-state index contributed by atoms with van der Waals surface area (Å²) < 4.78 is 0.852. The van der Waals surface area contributed by atoms with Crippen molar-refractivity contribution in [3.63, 3.8) is 0 Å². The van der Waals surface area contributed by atoms with Gasteiger partial charge in [-0.05, 0) is 59.5 Å². The summed E-state index contributed by atoms with van der Waals surface area (Å²) in [5.41, 5.74) is 1.05. The second kappa shape index (κ2) is 6.25. The van der Waals surface area contributed by atoms with Crippen molar-refractivity contribution in [3.8, 4) is 0 Å². The highest BCUT2D eigenvalue weighted by atomic mass is 79.9. The smallest absolute Gasteiger partial charge is 0.143 e. The summed E-state index contributed by atoms with van der Waals surface area (Å²) in [6.45, 7) is 4.66. The molecule has 4 heteroatoms. The number of aromatic nitrogens is 1. The van der Waals surface area contributed by atoms with Crippen LogP contribution in [0.2, 0.25) is 5.15 Å². The molecular formula is C14H20BrClN2. The standard InChI is InChI=1S/C14H20BrClN2/c1-9(2)10-3-5-11(6-4-10)18-12-7-13(15)14(16)17-8-12/h7-11,18H,3-6H2,1-2H3. The summed E-state index contributed by atoms with van der Waals surface area (Å²) in [4.78, 5) is 4.14. The van der Waals surface area contributed by atoms with Crippen LogP contribution in [0.15, 0.2) is 16.7 Å². The minimum atomic E-state index is 0.518. The lowest BCUT2D eigenvalue weighted by molar-refractivity contribution is 0.267. The van der Waals surface area contributed by atoms with Crippen LogP contribution in [0, 0.1) is 11.8 Å². The molecule has 0 aromatic carbocycles. The van der Waals surface area contributed by atoms with Crippen LogP contribution in [0.3, 0.4) is 0 Å². The Balaban J connectivity index is 1.89. The largest absolute Gasteiger partial charge is 0.381 e. The van der Waals surface area contributed by atoms with Gasteiger partial charge in [0.2, 0.25) is 0 Å². The number of nitrogens with zero attached hydrogens (tertiary/aromatic N) is 1. The number of nitrogens with one attached hydrogen (secondary N) is 1. The molecule has 0 bridgehead atoms. The minimum Gasteiger partial charge on any atom is -0.381 e. The Labute approximate surface area is 123 Å². The Bertz CT molecular complexity index is 401. The normalized spacial score (nSPS) is 24.3. The van der Waals surface area contributed by atoms with Gasteiger partial charge < -0.3 is 5.32 Å². The molecule has 0 amide bonds. The van der Waals surface area contributed by atoms with E-state index in [1.165, 1.54) is 25.7 Å². The van der Waals surface area contributed by atoms with Gasteiger partial charge >= 0.3 is 0 Å². The van der Waals surface area contributed by atoms with E-state index in [2.05, 4.69) is 40.1 Å². The molecule has 1 N–H and O–H groups in total. The molecule has 0 saturated heterocycles. The van der Waals surface area contributed by atoms with Crippen LogP contribution in [0.5, 0.6) is 0 Å². The van der Waals surface area contributed by atoms with Crippen LogP contribution in [-0.4, -0.2) is 11.0 Å². The lowest BCUT2D eigenvalue weighted by Gasteiger charge is -2.31. The molecule has 2 rings (SSSR count). The fraction of sp³-hybridized carbons (Fsp3) is 0.643. The van der Waals surface area contributed by atoms with Gasteiger partial charge in [-0.2, -0.15) is 0 Å². The number of hydrogen-bond donors (Lipinski definition) is 1. The van der Waals surface area contributed by atoms with Gasteiger partial charge in [-0.1, -0.05) is 25.4 Å². The zero-order chi connectivity index (χ0) is 13.1. The van der Waals surface area contributed by atoms with Gasteiger partial charge in [0.25, 0.3) is 0 Å². The van der Waals surface area contributed by atoms with E-state index in [-0.39, 0.29) is 0 Å². The van der Waals surface area contributed by atoms with E-state index in [1.54, 1.807) is 0 Å². The van der Waals surface area contributed by atoms with Gasteiger partial charge in [-0.25, -0.2) is 4.98 Å². The van der Waals surface area contributed by atoms with Gasteiger partial charge in [0.1, 0.15) is 5.15 Å². The summed E-state index contributed by atoms with van der Waals surface area (Å²) >= 11 is 9.30. The minimum absolute atomic E-state index is 0.518. The van der Waals surface area contributed by atoms with Crippen molar-refractivity contribution in [1.29, 1.82) is 0 Å². The number of pyridine rings is 1. The number of halogens is 2. The molecule has 1 saturated carbocycles. The van der Waals surface area contributed by atoms with Crippen molar-refractivity contribution in [2.45, 2.75) is 45.6 Å². The average molecular weight is 332 g/mol. The van der Waals surface area contributed by atoms with Crippen LogP contribution in [0.1, 0.15) is 39.5 Å². The van der Waals surface area contributed by atoms with Crippen LogP contribution < -0.4 is 5.32 Å². The van der Waals surface area contributed by atoms with Gasteiger partial charge in [-0.15, -0.1) is 0 Å². The third-order valence-corrected chi connectivity index (χ3v) is 5.02. The second-order valence-electron chi connectivity index (χ2n) is 5.50. The molecule has 0 atom stereocenters. The van der Waals surface area contributed by atoms with Crippen molar-refractivity contribution >= 4 is 33.2 Å². The molecule has 100 valence electrons. The summed E-state index contributed by atoms with van der Waals surface area (Å²) in [6, 6.07) is 2.58. The van der Waals surface area contributed by atoms with Crippen LogP contribution in [0.25, 0.3) is 0 Å². The summed E-state index contributed by atoms with van der Waals surface area (Å²) in [6.07, 6.45) is 6.98. The average Bonchev–Trinajstić information content (AvgIpc) is 2.34. The summed E-state index contributed by atoms with van der Waals surface area (Å²) in [5.74, 6) is 1.72. The molecule has 2 nitrogen and oxygen atoms in total. The molecule has 1 fully saturated rings. The molecule has 0 unspecified atom stereocenters. The number of anilines is 1. The molecule has 1 heterocycles. The zero-order valence-electron chi connectivity index (χ0n) is 10.9. The van der Waals surface area contributed by atoms with Crippen LogP contribution in [-0.2, 0) is 0 Å². The van der Waals surface area contributed by atoms with Gasteiger partial charge in [0.05, 0.1) is 16.4 Å². The topological polar surface area (TPSA) is 24.9 Å². The Morgan fingerprint density at radius 1 is 1.33 bits per heavy atom. The SMILES string of the molecule is CC(C)C1CCC(Nc2cnc(Cl)c(Br)c2)CC1. The Morgan fingerprint density at radius 2 is 2.00 bits per heavy atom. The molecule has 0 spiro atoms. The highest BCUT2D eigenvalue weighted by Crippen LogP contribution is 2.32. The Morgan fingerprint density at radius 3 is 2.56 bits per heavy atom. The monoisotopic (exact) mass is 330 g/mol. The van der Waals surface area contributed by atoms with Crippen molar-refractivity contribution in [1.82, 2.24) is 4.98 Å². The van der Waals surface area contributed by atoms with Crippen LogP contribution >= 0.6 is 27.5 Å². The lowest BCUT2D eigenvalue weighted by Crippen LogP contribution is -2.27. The first kappa shape index (κ1) is 14.1. The van der Waals surface area contributed by atoms with E-state index in [0.29, 0.717) is 11.2 Å². The lowest BCUT2D eigenvalue weighted by atomic mass is 9.80. The molecule has 18 heavy (non-hydrogen) atoms. The molecule has 1 aliphatic rings. The van der Waals surface area contributed by atoms with Crippen LogP contribution in [0.4, 0.5) is 5.69 Å². The van der Waals surface area contributed by atoms with E-state index in [4.69, 9.17) is 11.6 Å². The van der Waals surface area contributed by atoms with Crippen molar-refractivity contribution in [2.75, 3.05) is 5.32 Å². The Kier molecular flexibility index (Phi) is 4.91. The van der Waals surface area contributed by atoms with Gasteiger partial charge in [-0.3, -0.25) is 0 Å². The zero-order valence-corrected chi connectivity index (χ0v) is 13.3. The fourth-order valence-corrected chi connectivity index (χ4v) is 3.12. The van der Waals surface area contributed by atoms with E-state index in [1.807, 2.05) is 12.3 Å². The number of hydrogen-bond acceptors (Lipinski definition) is 2. The maximum Gasteiger partial charge on any atom is 0.143 e. The maximum absolute atomic E-state index is 5.89. The highest BCUT2D eigenvalue weighted by molar-refractivity contribution is 9.10. The van der Waals surface area contributed by atoms with Gasteiger partial charge in [0.15, 0.2) is 0 Å². The van der Waals surface area contributed by atoms with E-state index < -0.39 is 0 Å². The number of rotatable bonds is 3. The molecular weight excluding hydrogens is 312 g/mol. The van der Waals surface area contributed by atoms with E-state index in [0.717, 1.165) is 22.0 Å². The first-order valence-electron chi connectivity index (χ1n) is 6.64. The van der Waals surface area contributed by atoms with Crippen molar-refractivity contribution in [3.05, 3.63) is 21.9 Å².